The first kappa shape index (κ1) is 14.2. The molecule has 1 aromatic heterocycles. The Labute approximate surface area is 126 Å². The van der Waals surface area contributed by atoms with Gasteiger partial charge in [-0.1, -0.05) is 32.9 Å². The molecule has 3 heteroatoms. The third kappa shape index (κ3) is 2.82. The Morgan fingerprint density at radius 1 is 1.10 bits per heavy atom. The molecule has 112 valence electrons. The van der Waals surface area contributed by atoms with E-state index < -0.39 is 0 Å². The van der Waals surface area contributed by atoms with Gasteiger partial charge in [-0.15, -0.1) is 0 Å². The van der Waals surface area contributed by atoms with Gasteiger partial charge in [0.15, 0.2) is 0 Å². The second-order valence-electron chi connectivity index (χ2n) is 7.09. The molecule has 1 amide bonds. The lowest BCUT2D eigenvalue weighted by Crippen LogP contribution is -2.35. The van der Waals surface area contributed by atoms with E-state index in [4.69, 9.17) is 0 Å². The highest BCUT2D eigenvalue weighted by Gasteiger charge is 2.20. The molecule has 0 aliphatic carbocycles. The molecule has 0 bridgehead atoms. The van der Waals surface area contributed by atoms with Gasteiger partial charge in [-0.2, -0.15) is 0 Å². The summed E-state index contributed by atoms with van der Waals surface area (Å²) in [4.78, 5) is 17.8. The summed E-state index contributed by atoms with van der Waals surface area (Å²) in [5, 5.41) is 1.11. The van der Waals surface area contributed by atoms with Crippen LogP contribution in [0.5, 0.6) is 0 Å². The van der Waals surface area contributed by atoms with Crippen LogP contribution in [-0.2, 0) is 5.41 Å². The third-order valence-corrected chi connectivity index (χ3v) is 4.36. The van der Waals surface area contributed by atoms with E-state index >= 15 is 0 Å². The number of rotatable bonds is 1. The number of amides is 1. The van der Waals surface area contributed by atoms with Crippen LogP contribution in [0.25, 0.3) is 10.9 Å². The zero-order chi connectivity index (χ0) is 15.0. The fourth-order valence-electron chi connectivity index (χ4n) is 2.98. The van der Waals surface area contributed by atoms with Crippen molar-refractivity contribution in [3.63, 3.8) is 0 Å². The summed E-state index contributed by atoms with van der Waals surface area (Å²) < 4.78 is 0. The Kier molecular flexibility index (Phi) is 3.52. The normalized spacial score (nSPS) is 16.4. The molecule has 0 saturated carbocycles. The molecule has 1 aliphatic heterocycles. The molecule has 0 unspecified atom stereocenters. The first-order valence-corrected chi connectivity index (χ1v) is 7.88. The van der Waals surface area contributed by atoms with Gasteiger partial charge in [-0.25, -0.2) is 0 Å². The second-order valence-corrected chi connectivity index (χ2v) is 7.09. The predicted molar refractivity (Wildman–Crippen MR) is 86.8 cm³/mol. The minimum atomic E-state index is 0.121. The van der Waals surface area contributed by atoms with Crippen molar-refractivity contribution in [2.75, 3.05) is 13.1 Å². The van der Waals surface area contributed by atoms with Crippen LogP contribution in [0, 0.1) is 0 Å². The Morgan fingerprint density at radius 2 is 1.81 bits per heavy atom. The molecule has 1 aromatic carbocycles. The van der Waals surface area contributed by atoms with Gasteiger partial charge in [0.05, 0.1) is 0 Å². The molecular formula is C18H24N2O. The topological polar surface area (TPSA) is 36.1 Å². The minimum absolute atomic E-state index is 0.121. The number of piperidine rings is 1. The van der Waals surface area contributed by atoms with E-state index in [2.05, 4.69) is 44.0 Å². The Morgan fingerprint density at radius 3 is 2.48 bits per heavy atom. The summed E-state index contributed by atoms with van der Waals surface area (Å²) in [6.07, 6.45) is 3.49. The molecule has 2 heterocycles. The molecule has 1 fully saturated rings. The summed E-state index contributed by atoms with van der Waals surface area (Å²) in [7, 11) is 0. The van der Waals surface area contributed by atoms with Gasteiger partial charge in [-0.05, 0) is 42.4 Å². The van der Waals surface area contributed by atoms with Gasteiger partial charge in [0.25, 0.3) is 5.91 Å². The van der Waals surface area contributed by atoms with Crippen LogP contribution < -0.4 is 0 Å². The zero-order valence-electron chi connectivity index (χ0n) is 13.2. The first-order valence-electron chi connectivity index (χ1n) is 7.88. The minimum Gasteiger partial charge on any atom is -0.351 e. The van der Waals surface area contributed by atoms with Gasteiger partial charge in [0, 0.05) is 24.0 Å². The van der Waals surface area contributed by atoms with Crippen molar-refractivity contribution >= 4 is 16.8 Å². The molecule has 0 spiro atoms. The average Bonchev–Trinajstić information content (AvgIpc) is 2.89. The zero-order valence-corrected chi connectivity index (χ0v) is 13.2. The van der Waals surface area contributed by atoms with Crippen molar-refractivity contribution in [3.05, 3.63) is 35.5 Å². The Balaban J connectivity index is 1.91. The predicted octanol–water partition coefficient (Wildman–Crippen LogP) is 4.09. The molecule has 21 heavy (non-hydrogen) atoms. The van der Waals surface area contributed by atoms with E-state index in [0.29, 0.717) is 0 Å². The fourth-order valence-corrected chi connectivity index (χ4v) is 2.98. The average molecular weight is 284 g/mol. The number of aromatic nitrogens is 1. The number of carbonyl (C=O) groups is 1. The van der Waals surface area contributed by atoms with Crippen LogP contribution in [0.1, 0.15) is 56.1 Å². The van der Waals surface area contributed by atoms with E-state index in [1.807, 2.05) is 11.0 Å². The molecule has 1 N–H and O–H groups in total. The highest BCUT2D eigenvalue weighted by Crippen LogP contribution is 2.26. The number of nitrogens with zero attached hydrogens (tertiary/aromatic N) is 1. The molecule has 3 nitrogen and oxygen atoms in total. The molecule has 3 rings (SSSR count). The number of benzene rings is 1. The van der Waals surface area contributed by atoms with E-state index in [-0.39, 0.29) is 11.3 Å². The number of likely N-dealkylation sites (tertiary alicyclic amines) is 1. The van der Waals surface area contributed by atoms with E-state index in [0.717, 1.165) is 42.5 Å². The SMILES string of the molecule is CC(C)(C)c1ccc2cc(C(=O)N3CCCCC3)[nH]c2c1. The summed E-state index contributed by atoms with van der Waals surface area (Å²) >= 11 is 0. The van der Waals surface area contributed by atoms with Gasteiger partial charge >= 0.3 is 0 Å². The smallest absolute Gasteiger partial charge is 0.270 e. The molecule has 1 aliphatic rings. The molecule has 1 saturated heterocycles. The van der Waals surface area contributed by atoms with Gasteiger partial charge < -0.3 is 9.88 Å². The largest absolute Gasteiger partial charge is 0.351 e. The number of carbonyl (C=O) groups excluding carboxylic acids is 1. The van der Waals surface area contributed by atoms with Crippen LogP contribution in [-0.4, -0.2) is 28.9 Å². The third-order valence-electron chi connectivity index (χ3n) is 4.36. The lowest BCUT2D eigenvalue weighted by molar-refractivity contribution is 0.0719. The number of fused-ring (bicyclic) bond motifs is 1. The first-order chi connectivity index (χ1) is 9.95. The maximum absolute atomic E-state index is 12.5. The van der Waals surface area contributed by atoms with Crippen molar-refractivity contribution in [1.29, 1.82) is 0 Å². The number of nitrogens with one attached hydrogen (secondary N) is 1. The lowest BCUT2D eigenvalue weighted by atomic mass is 9.87. The monoisotopic (exact) mass is 284 g/mol. The summed E-state index contributed by atoms with van der Waals surface area (Å²) in [5.41, 5.74) is 3.19. The molecule has 0 radical (unpaired) electrons. The van der Waals surface area contributed by atoms with Crippen LogP contribution in [0.4, 0.5) is 0 Å². The molecule has 0 atom stereocenters. The molecule has 2 aromatic rings. The summed E-state index contributed by atoms with van der Waals surface area (Å²) in [5.74, 6) is 0.142. The van der Waals surface area contributed by atoms with Crippen molar-refractivity contribution in [3.8, 4) is 0 Å². The van der Waals surface area contributed by atoms with E-state index in [1.165, 1.54) is 12.0 Å². The van der Waals surface area contributed by atoms with Crippen LogP contribution in [0.2, 0.25) is 0 Å². The maximum Gasteiger partial charge on any atom is 0.270 e. The number of H-pyrrole nitrogens is 1. The lowest BCUT2D eigenvalue weighted by Gasteiger charge is -2.26. The number of aromatic amines is 1. The van der Waals surface area contributed by atoms with E-state index in [9.17, 15) is 4.79 Å². The van der Waals surface area contributed by atoms with Crippen LogP contribution >= 0.6 is 0 Å². The highest BCUT2D eigenvalue weighted by atomic mass is 16.2. The summed E-state index contributed by atoms with van der Waals surface area (Å²) in [6.45, 7) is 8.40. The standard InChI is InChI=1S/C18H24N2O/c1-18(2,3)14-8-7-13-11-16(19-15(13)12-14)17(21)20-9-5-4-6-10-20/h7-8,11-12,19H,4-6,9-10H2,1-3H3. The Bertz CT molecular complexity index is 657. The van der Waals surface area contributed by atoms with Crippen molar-refractivity contribution in [2.24, 2.45) is 0 Å². The van der Waals surface area contributed by atoms with Gasteiger partial charge in [0.2, 0.25) is 0 Å². The van der Waals surface area contributed by atoms with Crippen molar-refractivity contribution < 1.29 is 4.79 Å². The van der Waals surface area contributed by atoms with E-state index in [1.54, 1.807) is 0 Å². The van der Waals surface area contributed by atoms with Gasteiger partial charge in [0.1, 0.15) is 5.69 Å². The van der Waals surface area contributed by atoms with Gasteiger partial charge in [-0.3, -0.25) is 4.79 Å². The second kappa shape index (κ2) is 5.21. The fraction of sp³-hybridized carbons (Fsp3) is 0.500. The highest BCUT2D eigenvalue weighted by molar-refractivity contribution is 5.98. The summed E-state index contributed by atoms with van der Waals surface area (Å²) in [6, 6.07) is 8.42. The molecular weight excluding hydrogens is 260 g/mol. The number of hydrogen-bond donors (Lipinski definition) is 1. The Hall–Kier alpha value is -1.77. The van der Waals surface area contributed by atoms with Crippen molar-refractivity contribution in [1.82, 2.24) is 9.88 Å². The van der Waals surface area contributed by atoms with Crippen LogP contribution in [0.3, 0.4) is 0 Å². The quantitative estimate of drug-likeness (QED) is 0.841. The van der Waals surface area contributed by atoms with Crippen LogP contribution in [0.15, 0.2) is 24.3 Å². The maximum atomic E-state index is 12.5. The number of hydrogen-bond acceptors (Lipinski definition) is 1. The van der Waals surface area contributed by atoms with Crippen molar-refractivity contribution in [2.45, 2.75) is 45.4 Å².